The first-order chi connectivity index (χ1) is 12.8. The molecule has 3 heterocycles. The summed E-state index contributed by atoms with van der Waals surface area (Å²) in [6.45, 7) is 4.15. The largest absolute Gasteiger partial charge is 0.356 e. The Bertz CT molecular complexity index is 747. The van der Waals surface area contributed by atoms with E-state index in [1.165, 1.54) is 25.7 Å². The molecule has 0 atom stereocenters. The van der Waals surface area contributed by atoms with Gasteiger partial charge in [0, 0.05) is 42.8 Å². The molecule has 1 N–H and O–H groups in total. The van der Waals surface area contributed by atoms with Gasteiger partial charge >= 0.3 is 0 Å². The first-order valence-corrected chi connectivity index (χ1v) is 9.60. The molecule has 2 saturated heterocycles. The van der Waals surface area contributed by atoms with Crippen molar-refractivity contribution >= 4 is 35.4 Å². The number of benzene rings is 1. The van der Waals surface area contributed by atoms with E-state index in [1.54, 1.807) is 6.21 Å². The molecule has 1 aromatic carbocycles. The van der Waals surface area contributed by atoms with Gasteiger partial charge in [-0.1, -0.05) is 29.8 Å². The second kappa shape index (κ2) is 7.91. The molecule has 136 valence electrons. The van der Waals surface area contributed by atoms with Gasteiger partial charge in [0.1, 0.15) is 5.82 Å². The maximum Gasteiger partial charge on any atom is 0.229 e. The van der Waals surface area contributed by atoms with Crippen LogP contribution in [0.3, 0.4) is 0 Å². The zero-order valence-corrected chi connectivity index (χ0v) is 15.5. The van der Waals surface area contributed by atoms with Gasteiger partial charge in [0.2, 0.25) is 5.95 Å². The number of nitrogens with one attached hydrogen (secondary N) is 1. The summed E-state index contributed by atoms with van der Waals surface area (Å²) in [7, 11) is 0. The molecule has 0 spiro atoms. The summed E-state index contributed by atoms with van der Waals surface area (Å²) in [6, 6.07) is 9.61. The second-order valence-corrected chi connectivity index (χ2v) is 7.10. The van der Waals surface area contributed by atoms with E-state index in [1.807, 2.05) is 30.3 Å². The van der Waals surface area contributed by atoms with E-state index in [-0.39, 0.29) is 0 Å². The van der Waals surface area contributed by atoms with Gasteiger partial charge in [-0.15, -0.1) is 0 Å². The van der Waals surface area contributed by atoms with Crippen LogP contribution in [0.15, 0.2) is 35.4 Å². The van der Waals surface area contributed by atoms with Crippen molar-refractivity contribution in [2.75, 3.05) is 41.4 Å². The van der Waals surface area contributed by atoms with Gasteiger partial charge in [-0.2, -0.15) is 15.1 Å². The van der Waals surface area contributed by atoms with E-state index in [9.17, 15) is 0 Å². The zero-order valence-electron chi connectivity index (χ0n) is 14.7. The molecule has 1 aromatic heterocycles. The third kappa shape index (κ3) is 3.90. The van der Waals surface area contributed by atoms with Crippen LogP contribution in [0.1, 0.15) is 31.2 Å². The Hall–Kier alpha value is -2.34. The van der Waals surface area contributed by atoms with Crippen LogP contribution in [0.2, 0.25) is 5.02 Å². The lowest BCUT2D eigenvalue weighted by Gasteiger charge is -2.21. The normalized spacial score (nSPS) is 17.4. The molecule has 4 rings (SSSR count). The van der Waals surface area contributed by atoms with Crippen LogP contribution in [0, 0.1) is 0 Å². The van der Waals surface area contributed by atoms with E-state index in [0.717, 1.165) is 43.5 Å². The minimum atomic E-state index is 0.677. The molecule has 26 heavy (non-hydrogen) atoms. The molecule has 0 radical (unpaired) electrons. The Kier molecular flexibility index (Phi) is 5.20. The molecule has 2 aliphatic heterocycles. The third-order valence-electron chi connectivity index (χ3n) is 4.81. The molecule has 0 aliphatic carbocycles. The second-order valence-electron chi connectivity index (χ2n) is 6.69. The van der Waals surface area contributed by atoms with Crippen LogP contribution in [0.25, 0.3) is 0 Å². The van der Waals surface area contributed by atoms with Gasteiger partial charge in [0.05, 0.1) is 6.21 Å². The van der Waals surface area contributed by atoms with E-state index in [2.05, 4.69) is 25.3 Å². The summed E-state index contributed by atoms with van der Waals surface area (Å²) >= 11 is 6.17. The van der Waals surface area contributed by atoms with Crippen LogP contribution in [0.5, 0.6) is 0 Å². The molecular formula is C19H23ClN6. The quantitative estimate of drug-likeness (QED) is 0.641. The standard InChI is InChI=1S/C19H23ClN6/c20-16-8-2-1-7-15(16)14-21-24-17-13-18(25-9-3-4-10-25)23-19(22-17)26-11-5-6-12-26/h1-2,7-8,13-14H,3-6,9-12H2,(H,22,23,24)/b21-14-. The van der Waals surface area contributed by atoms with E-state index < -0.39 is 0 Å². The first-order valence-electron chi connectivity index (χ1n) is 9.22. The van der Waals surface area contributed by atoms with Crippen LogP contribution in [-0.2, 0) is 0 Å². The Balaban J connectivity index is 1.56. The van der Waals surface area contributed by atoms with Gasteiger partial charge in [-0.25, -0.2) is 0 Å². The summed E-state index contributed by atoms with van der Waals surface area (Å²) < 4.78 is 0. The Labute approximate surface area is 158 Å². The Morgan fingerprint density at radius 1 is 0.962 bits per heavy atom. The number of nitrogens with zero attached hydrogens (tertiary/aromatic N) is 5. The van der Waals surface area contributed by atoms with Crippen molar-refractivity contribution < 1.29 is 0 Å². The smallest absolute Gasteiger partial charge is 0.229 e. The fourth-order valence-corrected chi connectivity index (χ4v) is 3.58. The van der Waals surface area contributed by atoms with E-state index in [0.29, 0.717) is 10.8 Å². The number of rotatable bonds is 5. The number of halogens is 1. The molecule has 2 aliphatic rings. The monoisotopic (exact) mass is 370 g/mol. The van der Waals surface area contributed by atoms with E-state index >= 15 is 0 Å². The maximum absolute atomic E-state index is 6.17. The van der Waals surface area contributed by atoms with Crippen molar-refractivity contribution in [3.05, 3.63) is 40.9 Å². The summed E-state index contributed by atoms with van der Waals surface area (Å²) in [5, 5.41) is 5.00. The summed E-state index contributed by atoms with van der Waals surface area (Å²) in [6.07, 6.45) is 6.55. The minimum Gasteiger partial charge on any atom is -0.356 e. The lowest BCUT2D eigenvalue weighted by molar-refractivity contribution is 0.871. The average molecular weight is 371 g/mol. The summed E-state index contributed by atoms with van der Waals surface area (Å²) in [5.41, 5.74) is 3.93. The summed E-state index contributed by atoms with van der Waals surface area (Å²) in [4.78, 5) is 14.1. The first kappa shape index (κ1) is 17.1. The van der Waals surface area contributed by atoms with Gasteiger partial charge < -0.3 is 9.80 Å². The highest BCUT2D eigenvalue weighted by Gasteiger charge is 2.20. The van der Waals surface area contributed by atoms with Crippen molar-refractivity contribution in [3.8, 4) is 0 Å². The van der Waals surface area contributed by atoms with Gasteiger partial charge in [0.15, 0.2) is 5.82 Å². The molecule has 7 heteroatoms. The maximum atomic E-state index is 6.17. The molecule has 0 amide bonds. The minimum absolute atomic E-state index is 0.677. The molecule has 2 fully saturated rings. The molecule has 0 bridgehead atoms. The number of anilines is 3. The molecule has 0 unspecified atom stereocenters. The Morgan fingerprint density at radius 2 is 1.65 bits per heavy atom. The van der Waals surface area contributed by atoms with E-state index in [4.69, 9.17) is 16.6 Å². The van der Waals surface area contributed by atoms with Crippen molar-refractivity contribution in [2.24, 2.45) is 5.10 Å². The van der Waals surface area contributed by atoms with Crippen LogP contribution >= 0.6 is 11.6 Å². The number of hydrogen-bond acceptors (Lipinski definition) is 6. The molecule has 2 aromatic rings. The summed E-state index contributed by atoms with van der Waals surface area (Å²) in [5.74, 6) is 2.49. The van der Waals surface area contributed by atoms with Crippen LogP contribution in [-0.4, -0.2) is 42.4 Å². The van der Waals surface area contributed by atoms with Crippen molar-refractivity contribution in [3.63, 3.8) is 0 Å². The Morgan fingerprint density at radius 3 is 2.38 bits per heavy atom. The third-order valence-corrected chi connectivity index (χ3v) is 5.15. The molecule has 6 nitrogen and oxygen atoms in total. The SMILES string of the molecule is Clc1ccccc1/C=N\Nc1cc(N2CCCC2)nc(N2CCCC2)n1. The molecule has 0 saturated carbocycles. The topological polar surface area (TPSA) is 56.7 Å². The average Bonchev–Trinajstić information content (AvgIpc) is 3.37. The van der Waals surface area contributed by atoms with Crippen molar-refractivity contribution in [1.29, 1.82) is 0 Å². The predicted molar refractivity (Wildman–Crippen MR) is 108 cm³/mol. The highest BCUT2D eigenvalue weighted by atomic mass is 35.5. The lowest BCUT2D eigenvalue weighted by atomic mass is 10.2. The zero-order chi connectivity index (χ0) is 17.8. The van der Waals surface area contributed by atoms with Crippen LogP contribution < -0.4 is 15.2 Å². The highest BCUT2D eigenvalue weighted by molar-refractivity contribution is 6.33. The van der Waals surface area contributed by atoms with Crippen molar-refractivity contribution in [2.45, 2.75) is 25.7 Å². The van der Waals surface area contributed by atoms with Gasteiger partial charge in [-0.3, -0.25) is 5.43 Å². The fourth-order valence-electron chi connectivity index (χ4n) is 3.39. The fraction of sp³-hybridized carbons (Fsp3) is 0.421. The van der Waals surface area contributed by atoms with Gasteiger partial charge in [-0.05, 0) is 31.7 Å². The van der Waals surface area contributed by atoms with Gasteiger partial charge in [0.25, 0.3) is 0 Å². The molecular weight excluding hydrogens is 348 g/mol. The number of aromatic nitrogens is 2. The highest BCUT2D eigenvalue weighted by Crippen LogP contribution is 2.25. The number of hydrogen-bond donors (Lipinski definition) is 1. The lowest BCUT2D eigenvalue weighted by Crippen LogP contribution is -2.24. The number of hydrazone groups is 1. The van der Waals surface area contributed by atoms with Crippen molar-refractivity contribution in [1.82, 2.24) is 9.97 Å². The van der Waals surface area contributed by atoms with Crippen LogP contribution in [0.4, 0.5) is 17.6 Å². The predicted octanol–water partition coefficient (Wildman–Crippen LogP) is 3.78.